The molecule has 2 aliphatic carbocycles. The average molecular weight is 366 g/mol. The molecule has 1 saturated carbocycles. The molecule has 3 heterocycles. The smallest absolute Gasteiger partial charge is 0.267 e. The van der Waals surface area contributed by atoms with Crippen LogP contribution in [-0.2, 0) is 19.4 Å². The van der Waals surface area contributed by atoms with Gasteiger partial charge in [-0.05, 0) is 49.8 Å². The zero-order valence-corrected chi connectivity index (χ0v) is 15.7. The highest BCUT2D eigenvalue weighted by Gasteiger charge is 2.26. The zero-order chi connectivity index (χ0) is 18.2. The summed E-state index contributed by atoms with van der Waals surface area (Å²) < 4.78 is 1.65. The number of aryl methyl sites for hydroxylation is 2. The number of anilines is 1. The van der Waals surface area contributed by atoms with Crippen LogP contribution in [0.5, 0.6) is 0 Å². The van der Waals surface area contributed by atoms with Crippen LogP contribution >= 0.6 is 0 Å². The fourth-order valence-electron chi connectivity index (χ4n) is 4.14. The fraction of sp³-hybridized carbons (Fsp3) is 0.600. The molecule has 2 aromatic heterocycles. The van der Waals surface area contributed by atoms with Gasteiger partial charge in [-0.2, -0.15) is 10.2 Å². The molecule has 1 aliphatic heterocycles. The van der Waals surface area contributed by atoms with Crippen molar-refractivity contribution in [2.24, 2.45) is 0 Å². The molecule has 5 rings (SSSR count). The van der Waals surface area contributed by atoms with Crippen LogP contribution in [0, 0.1) is 0 Å². The van der Waals surface area contributed by atoms with E-state index >= 15 is 0 Å². The van der Waals surface area contributed by atoms with E-state index in [-0.39, 0.29) is 5.56 Å². The summed E-state index contributed by atoms with van der Waals surface area (Å²) in [5, 5.41) is 13.4. The molecule has 7 nitrogen and oxygen atoms in total. The molecule has 142 valence electrons. The van der Waals surface area contributed by atoms with Crippen molar-refractivity contribution in [3.05, 3.63) is 45.5 Å². The van der Waals surface area contributed by atoms with Crippen molar-refractivity contribution in [1.82, 2.24) is 24.9 Å². The lowest BCUT2D eigenvalue weighted by Crippen LogP contribution is -2.48. The Labute approximate surface area is 159 Å². The van der Waals surface area contributed by atoms with Crippen LogP contribution in [0.25, 0.3) is 0 Å². The quantitative estimate of drug-likeness (QED) is 0.793. The molecular weight excluding hydrogens is 340 g/mol. The van der Waals surface area contributed by atoms with Crippen molar-refractivity contribution in [2.75, 3.05) is 37.6 Å². The normalized spacial score (nSPS) is 20.1. The number of fused-ring (bicyclic) bond motifs is 1. The summed E-state index contributed by atoms with van der Waals surface area (Å²) in [7, 11) is 0. The van der Waals surface area contributed by atoms with Gasteiger partial charge in [0, 0.05) is 44.7 Å². The van der Waals surface area contributed by atoms with Gasteiger partial charge in [-0.25, -0.2) is 4.68 Å². The van der Waals surface area contributed by atoms with Gasteiger partial charge in [0.05, 0.1) is 17.9 Å². The van der Waals surface area contributed by atoms with E-state index in [0.29, 0.717) is 12.5 Å². The van der Waals surface area contributed by atoms with Crippen molar-refractivity contribution in [3.8, 4) is 0 Å². The molecule has 0 aromatic carbocycles. The van der Waals surface area contributed by atoms with Crippen molar-refractivity contribution in [1.29, 1.82) is 0 Å². The molecule has 27 heavy (non-hydrogen) atoms. The largest absolute Gasteiger partial charge is 0.353 e. The number of nitrogens with zero attached hydrogens (tertiary/aromatic N) is 6. The Balaban J connectivity index is 1.15. The third kappa shape index (κ3) is 3.60. The highest BCUT2D eigenvalue weighted by atomic mass is 16.1. The Kier molecular flexibility index (Phi) is 4.39. The Morgan fingerprint density at radius 2 is 1.85 bits per heavy atom. The monoisotopic (exact) mass is 366 g/mol. The minimum Gasteiger partial charge on any atom is -0.353 e. The molecule has 0 unspecified atom stereocenters. The highest BCUT2D eigenvalue weighted by molar-refractivity contribution is 5.38. The van der Waals surface area contributed by atoms with Gasteiger partial charge in [0.15, 0.2) is 5.82 Å². The van der Waals surface area contributed by atoms with E-state index in [2.05, 4.69) is 37.2 Å². The van der Waals surface area contributed by atoms with Gasteiger partial charge in [0.25, 0.3) is 5.56 Å². The Hall–Kier alpha value is -2.28. The van der Waals surface area contributed by atoms with E-state index in [1.165, 1.54) is 12.8 Å². The summed E-state index contributed by atoms with van der Waals surface area (Å²) in [5.74, 6) is 1.63. The van der Waals surface area contributed by atoms with E-state index in [1.807, 2.05) is 0 Å². The minimum atomic E-state index is 0.0420. The van der Waals surface area contributed by atoms with E-state index in [0.717, 1.165) is 74.8 Å². The molecule has 2 fully saturated rings. The summed E-state index contributed by atoms with van der Waals surface area (Å²) in [4.78, 5) is 16.9. The Morgan fingerprint density at radius 3 is 2.59 bits per heavy atom. The van der Waals surface area contributed by atoms with Crippen LogP contribution in [0.2, 0.25) is 0 Å². The maximum Gasteiger partial charge on any atom is 0.267 e. The van der Waals surface area contributed by atoms with Crippen molar-refractivity contribution < 1.29 is 0 Å². The van der Waals surface area contributed by atoms with E-state index in [9.17, 15) is 4.79 Å². The third-order valence-electron chi connectivity index (χ3n) is 6.01. The van der Waals surface area contributed by atoms with Gasteiger partial charge in [-0.1, -0.05) is 0 Å². The molecule has 0 radical (unpaired) electrons. The standard InChI is InChI=1S/C20H26N6O/c27-20-14-16-2-1-3-18(16)23-26(20)13-10-24-8-11-25(12-9-24)19-7-6-17(21-22-19)15-4-5-15/h6-7,14-15H,1-5,8-13H2. The van der Waals surface area contributed by atoms with Crippen LogP contribution in [0.15, 0.2) is 23.0 Å². The molecule has 0 bridgehead atoms. The van der Waals surface area contributed by atoms with Gasteiger partial charge in [-0.15, -0.1) is 5.10 Å². The summed E-state index contributed by atoms with van der Waals surface area (Å²) in [5.41, 5.74) is 3.45. The molecule has 7 heteroatoms. The van der Waals surface area contributed by atoms with E-state index < -0.39 is 0 Å². The Bertz CT molecular complexity index is 865. The maximum atomic E-state index is 12.2. The second-order valence-electron chi connectivity index (χ2n) is 7.95. The molecule has 2 aromatic rings. The number of hydrogen-bond donors (Lipinski definition) is 0. The average Bonchev–Trinajstić information content (AvgIpc) is 3.46. The Morgan fingerprint density at radius 1 is 1.00 bits per heavy atom. The van der Waals surface area contributed by atoms with Gasteiger partial charge < -0.3 is 4.90 Å². The number of piperazine rings is 1. The van der Waals surface area contributed by atoms with Crippen LogP contribution in [0.4, 0.5) is 5.82 Å². The van der Waals surface area contributed by atoms with Crippen LogP contribution in [0.3, 0.4) is 0 Å². The lowest BCUT2D eigenvalue weighted by molar-refractivity contribution is 0.242. The SMILES string of the molecule is O=c1cc2c(nn1CCN1CCN(c3ccc(C4CC4)nn3)CC1)CCC2. The number of aromatic nitrogens is 4. The van der Waals surface area contributed by atoms with Crippen molar-refractivity contribution in [2.45, 2.75) is 44.6 Å². The van der Waals surface area contributed by atoms with Gasteiger partial charge in [-0.3, -0.25) is 9.69 Å². The lowest BCUT2D eigenvalue weighted by Gasteiger charge is -2.35. The molecular formula is C20H26N6O. The van der Waals surface area contributed by atoms with Gasteiger partial charge >= 0.3 is 0 Å². The first-order chi connectivity index (χ1) is 13.3. The molecule has 3 aliphatic rings. The highest BCUT2D eigenvalue weighted by Crippen LogP contribution is 2.38. The van der Waals surface area contributed by atoms with Crippen molar-refractivity contribution >= 4 is 5.82 Å². The fourth-order valence-corrected chi connectivity index (χ4v) is 4.14. The first-order valence-corrected chi connectivity index (χ1v) is 10.2. The van der Waals surface area contributed by atoms with Crippen LogP contribution in [-0.4, -0.2) is 57.6 Å². The van der Waals surface area contributed by atoms with Crippen LogP contribution < -0.4 is 10.5 Å². The summed E-state index contributed by atoms with van der Waals surface area (Å²) in [6.45, 7) is 5.39. The topological polar surface area (TPSA) is 67.2 Å². The van der Waals surface area contributed by atoms with Crippen LogP contribution in [0.1, 0.15) is 42.1 Å². The molecule has 1 saturated heterocycles. The summed E-state index contributed by atoms with van der Waals surface area (Å²) in [6.07, 6.45) is 5.65. The second kappa shape index (κ2) is 7.03. The second-order valence-corrected chi connectivity index (χ2v) is 7.95. The van der Waals surface area contributed by atoms with E-state index in [4.69, 9.17) is 0 Å². The molecule has 0 atom stereocenters. The summed E-state index contributed by atoms with van der Waals surface area (Å²) in [6, 6.07) is 6.04. The maximum absolute atomic E-state index is 12.2. The predicted octanol–water partition coefficient (Wildman–Crippen LogP) is 1.22. The minimum absolute atomic E-state index is 0.0420. The molecule has 0 N–H and O–H groups in total. The summed E-state index contributed by atoms with van der Waals surface area (Å²) >= 11 is 0. The predicted molar refractivity (Wildman–Crippen MR) is 103 cm³/mol. The van der Waals surface area contributed by atoms with E-state index in [1.54, 1.807) is 10.7 Å². The van der Waals surface area contributed by atoms with Gasteiger partial charge in [0.1, 0.15) is 0 Å². The number of hydrogen-bond acceptors (Lipinski definition) is 6. The molecule has 0 spiro atoms. The first kappa shape index (κ1) is 16.9. The first-order valence-electron chi connectivity index (χ1n) is 10.2. The lowest BCUT2D eigenvalue weighted by atomic mass is 10.2. The molecule has 0 amide bonds. The van der Waals surface area contributed by atoms with Gasteiger partial charge in [0.2, 0.25) is 0 Å². The zero-order valence-electron chi connectivity index (χ0n) is 15.7. The third-order valence-corrected chi connectivity index (χ3v) is 6.01. The van der Waals surface area contributed by atoms with Crippen molar-refractivity contribution in [3.63, 3.8) is 0 Å². The number of rotatable bonds is 5.